The highest BCUT2D eigenvalue weighted by atomic mass is 28.4. The van der Waals surface area contributed by atoms with Gasteiger partial charge in [0.2, 0.25) is 23.5 Å². The number of nitrogens with one attached hydrogen (secondary N) is 4. The van der Waals surface area contributed by atoms with E-state index in [1.807, 2.05) is 41.5 Å². The largest absolute Gasteiger partial charge is 0.507 e. The fraction of sp³-hybridized carbons (Fsp3) is 0.548. The molecule has 16 nitrogen and oxygen atoms in total. The first-order valence-electron chi connectivity index (χ1n) is 21.0. The third-order valence-electron chi connectivity index (χ3n) is 12.7. The summed E-state index contributed by atoms with van der Waals surface area (Å²) in [6, 6.07) is 7.38. The van der Waals surface area contributed by atoms with Crippen LogP contribution in [0.3, 0.4) is 0 Å². The number of amides is 5. The van der Waals surface area contributed by atoms with Gasteiger partial charge in [0.05, 0.1) is 12.1 Å². The molecule has 0 saturated heterocycles. The number of nitrogens with two attached hydrogens (primary N) is 1. The van der Waals surface area contributed by atoms with E-state index in [1.54, 1.807) is 38.1 Å². The Kier molecular flexibility index (Phi) is 15.6. The van der Waals surface area contributed by atoms with E-state index in [0.29, 0.717) is 53.8 Å². The number of carbonyl (C=O) groups excluding carboxylic acids is 6. The zero-order valence-corrected chi connectivity index (χ0v) is 37.9. The molecule has 2 heterocycles. The minimum Gasteiger partial charge on any atom is -0.507 e. The van der Waals surface area contributed by atoms with Crippen LogP contribution in [0.5, 0.6) is 5.75 Å². The van der Waals surface area contributed by atoms with Gasteiger partial charge < -0.3 is 46.1 Å². The summed E-state index contributed by atoms with van der Waals surface area (Å²) in [4.78, 5) is 96.2. The summed E-state index contributed by atoms with van der Waals surface area (Å²) in [5, 5.41) is 33.0. The second-order valence-electron chi connectivity index (χ2n) is 15.9. The molecule has 328 valence electrons. The van der Waals surface area contributed by atoms with E-state index in [9.17, 15) is 39.0 Å². The minimum atomic E-state index is -2.93. The van der Waals surface area contributed by atoms with E-state index in [1.165, 1.54) is 12.1 Å². The van der Waals surface area contributed by atoms with Crippen molar-refractivity contribution in [2.75, 3.05) is 5.32 Å². The molecule has 2 aliphatic heterocycles. The molecule has 60 heavy (non-hydrogen) atoms. The van der Waals surface area contributed by atoms with E-state index >= 15 is 4.79 Å². The standard InChI is InChI=1S/C42H61N5O11Si2/c1-9-24(8)35(50)39(53)45-29-22-25-19-20-31(48)27(21-25)26-17-16-18-28-33(26)47-41(56)42(28,58-60(13-5,14-6)15-7)36(57-59(10-2,11-3)12-4)34(40(54)55)46-38(52)30(23-32(43)49)44-37(29)51/h16-21,24,29-30,34,36,48H,9-15,22-23H2,1-8H3,(H2,43,49)(H,44,51)(H,45,53)(H,46,52)(H,47,56)(H,54,55)/t24?,29-,30-,34-,36+,42-/m0/s1. The molecule has 0 aromatic heterocycles. The molecule has 4 rings (SSSR count). The van der Waals surface area contributed by atoms with Gasteiger partial charge in [0.15, 0.2) is 28.3 Å². The number of primary amides is 1. The lowest BCUT2D eigenvalue weighted by Crippen LogP contribution is -2.67. The highest BCUT2D eigenvalue weighted by molar-refractivity contribution is 6.74. The van der Waals surface area contributed by atoms with Crippen LogP contribution in [0.15, 0.2) is 36.4 Å². The minimum absolute atomic E-state index is 0.198. The number of para-hydroxylation sites is 1. The fourth-order valence-electron chi connectivity index (χ4n) is 8.17. The Morgan fingerprint density at radius 2 is 1.50 bits per heavy atom. The molecule has 6 atom stereocenters. The molecule has 0 saturated carbocycles. The second kappa shape index (κ2) is 19.6. The van der Waals surface area contributed by atoms with Gasteiger partial charge in [-0.15, -0.1) is 0 Å². The topological polar surface area (TPSA) is 253 Å². The van der Waals surface area contributed by atoms with Gasteiger partial charge in [-0.1, -0.05) is 79.7 Å². The van der Waals surface area contributed by atoms with Gasteiger partial charge in [-0.05, 0) is 60.4 Å². The number of aliphatic carboxylic acids is 1. The number of carbonyl (C=O) groups is 7. The number of hydrogen-bond acceptors (Lipinski definition) is 10. The highest BCUT2D eigenvalue weighted by Crippen LogP contribution is 2.52. The normalized spacial score (nSPS) is 22.6. The first kappa shape index (κ1) is 47.8. The van der Waals surface area contributed by atoms with Crippen LogP contribution in [0.25, 0.3) is 11.1 Å². The maximum Gasteiger partial charge on any atom is 0.329 e. The number of benzene rings is 2. The summed E-state index contributed by atoms with van der Waals surface area (Å²) in [5.74, 6) is -8.13. The molecular weight excluding hydrogens is 807 g/mol. The van der Waals surface area contributed by atoms with Crippen molar-refractivity contribution in [3.8, 4) is 16.9 Å². The molecule has 2 aromatic carbocycles. The second-order valence-corrected chi connectivity index (χ2v) is 25.3. The summed E-state index contributed by atoms with van der Waals surface area (Å²) in [7, 11) is -5.86. The lowest BCUT2D eigenvalue weighted by molar-refractivity contribution is -0.158. The molecular formula is C42H61N5O11Si2. The molecule has 0 spiro atoms. The summed E-state index contributed by atoms with van der Waals surface area (Å²) in [6.07, 6.45) is -2.40. The van der Waals surface area contributed by atoms with Gasteiger partial charge in [-0.2, -0.15) is 0 Å². The van der Waals surface area contributed by atoms with Crippen molar-refractivity contribution in [3.05, 3.63) is 47.5 Å². The molecule has 0 fully saturated rings. The number of carboxylic acid groups (broad SMARTS) is 1. The third-order valence-corrected chi connectivity index (χ3v) is 21.9. The van der Waals surface area contributed by atoms with Crippen molar-refractivity contribution in [2.45, 2.75) is 141 Å². The SMILES string of the molecule is CCC(C)C(=O)C(=O)N[C@H]1Cc2ccc(O)c(c2)-c2cccc3c2NC(=O)[C@@]3(O[Si](CC)(CC)CC)[C@H](O[Si](CC)(CC)CC)[C@@H](C(=O)O)NC(=O)[C@H](CC(N)=O)NC1=O. The predicted octanol–water partition coefficient (Wildman–Crippen LogP) is 4.20. The number of ketones is 1. The number of aromatic hydroxyl groups is 1. The molecule has 2 aromatic rings. The van der Waals surface area contributed by atoms with E-state index in [2.05, 4.69) is 21.3 Å². The van der Waals surface area contributed by atoms with Crippen molar-refractivity contribution in [2.24, 2.45) is 11.7 Å². The number of fused-ring (bicyclic) bond motifs is 3. The van der Waals surface area contributed by atoms with Gasteiger partial charge in [-0.25, -0.2) is 4.79 Å². The van der Waals surface area contributed by atoms with Crippen LogP contribution in [0.2, 0.25) is 36.3 Å². The highest BCUT2D eigenvalue weighted by Gasteiger charge is 2.63. The Hall–Kier alpha value is -4.92. The number of carboxylic acids is 1. The maximum absolute atomic E-state index is 15.2. The number of hydrogen-bond donors (Lipinski definition) is 7. The van der Waals surface area contributed by atoms with Gasteiger partial charge in [-0.3, -0.25) is 28.8 Å². The molecule has 5 amide bonds. The zero-order valence-electron chi connectivity index (χ0n) is 35.9. The Morgan fingerprint density at radius 1 is 0.883 bits per heavy atom. The first-order valence-corrected chi connectivity index (χ1v) is 26.0. The first-order chi connectivity index (χ1) is 28.3. The number of Topliss-reactive ketones (excluding diaryl/α,β-unsaturated/α-hetero) is 1. The van der Waals surface area contributed by atoms with Crippen molar-refractivity contribution >= 4 is 63.6 Å². The summed E-state index contributed by atoms with van der Waals surface area (Å²) in [6.45, 7) is 15.0. The zero-order chi connectivity index (χ0) is 44.7. The Labute approximate surface area is 353 Å². The Balaban J connectivity index is 2.15. The molecule has 2 aliphatic rings. The van der Waals surface area contributed by atoms with Crippen LogP contribution in [0.4, 0.5) is 5.69 Å². The van der Waals surface area contributed by atoms with E-state index in [-0.39, 0.29) is 29.0 Å². The summed E-state index contributed by atoms with van der Waals surface area (Å²) in [5.41, 5.74) is 4.87. The monoisotopic (exact) mass is 867 g/mol. The van der Waals surface area contributed by atoms with Gasteiger partial charge in [0.25, 0.3) is 11.8 Å². The van der Waals surface area contributed by atoms with Crippen molar-refractivity contribution in [3.63, 3.8) is 0 Å². The maximum atomic E-state index is 15.2. The number of phenols is 1. The predicted molar refractivity (Wildman–Crippen MR) is 230 cm³/mol. The Bertz CT molecular complexity index is 1970. The van der Waals surface area contributed by atoms with Crippen LogP contribution in [-0.2, 0) is 54.4 Å². The lowest BCUT2D eigenvalue weighted by atomic mass is 9.83. The van der Waals surface area contributed by atoms with Gasteiger partial charge >= 0.3 is 5.97 Å². The average molecular weight is 868 g/mol. The van der Waals surface area contributed by atoms with Gasteiger partial charge in [0.1, 0.15) is 23.9 Å². The molecule has 0 radical (unpaired) electrons. The lowest BCUT2D eigenvalue weighted by Gasteiger charge is -2.47. The van der Waals surface area contributed by atoms with E-state index in [4.69, 9.17) is 14.6 Å². The van der Waals surface area contributed by atoms with Crippen LogP contribution in [-0.4, -0.2) is 92.4 Å². The number of rotatable bonds is 17. The molecule has 0 aliphatic carbocycles. The number of phenolic OH excluding ortho intramolecular Hbond substituents is 1. The van der Waals surface area contributed by atoms with E-state index in [0.717, 1.165) is 0 Å². The molecule has 6 bridgehead atoms. The Morgan fingerprint density at radius 3 is 2.05 bits per heavy atom. The molecule has 8 N–H and O–H groups in total. The number of anilines is 1. The van der Waals surface area contributed by atoms with Crippen LogP contribution in [0.1, 0.15) is 79.4 Å². The van der Waals surface area contributed by atoms with Gasteiger partial charge in [0, 0.05) is 29.0 Å². The summed E-state index contributed by atoms with van der Waals surface area (Å²) >= 11 is 0. The summed E-state index contributed by atoms with van der Waals surface area (Å²) < 4.78 is 14.4. The average Bonchev–Trinajstić information content (AvgIpc) is 3.52. The van der Waals surface area contributed by atoms with E-state index < -0.39 is 100 Å². The molecule has 18 heteroatoms. The van der Waals surface area contributed by atoms with Crippen molar-refractivity contribution < 1.29 is 52.6 Å². The smallest absolute Gasteiger partial charge is 0.329 e. The third kappa shape index (κ3) is 9.51. The van der Waals surface area contributed by atoms with Crippen molar-refractivity contribution in [1.29, 1.82) is 0 Å². The van der Waals surface area contributed by atoms with Crippen LogP contribution in [0, 0.1) is 5.92 Å². The van der Waals surface area contributed by atoms with Crippen LogP contribution < -0.4 is 27.0 Å². The fourth-order valence-corrected chi connectivity index (χ4v) is 13.9. The molecule has 1 unspecified atom stereocenters. The van der Waals surface area contributed by atoms with Crippen molar-refractivity contribution in [1.82, 2.24) is 16.0 Å². The quantitative estimate of drug-likeness (QED) is 0.0876. The van der Waals surface area contributed by atoms with Crippen LogP contribution >= 0.6 is 0 Å².